The van der Waals surface area contributed by atoms with Crippen LogP contribution in [0.5, 0.6) is 0 Å². The second-order valence-electron chi connectivity index (χ2n) is 5.02. The van der Waals surface area contributed by atoms with Crippen molar-refractivity contribution in [1.29, 1.82) is 0 Å². The van der Waals surface area contributed by atoms with E-state index in [4.69, 9.17) is 4.52 Å². The molecule has 1 N–H and O–H groups in total. The van der Waals surface area contributed by atoms with Gasteiger partial charge in [-0.1, -0.05) is 12.1 Å². The van der Waals surface area contributed by atoms with Crippen molar-refractivity contribution in [3.8, 4) is 11.6 Å². The summed E-state index contributed by atoms with van der Waals surface area (Å²) in [6.07, 6.45) is 4.75. The zero-order chi connectivity index (χ0) is 13.9. The third kappa shape index (κ3) is 2.60. The van der Waals surface area contributed by atoms with Crippen LogP contribution in [0.25, 0.3) is 11.6 Å². The highest BCUT2D eigenvalue weighted by molar-refractivity contribution is 7.99. The van der Waals surface area contributed by atoms with Gasteiger partial charge in [-0.2, -0.15) is 16.7 Å². The van der Waals surface area contributed by atoms with Crippen molar-refractivity contribution in [1.82, 2.24) is 25.0 Å². The molecule has 108 valence electrons. The third-order valence-electron chi connectivity index (χ3n) is 3.52. The minimum atomic E-state index is 0.299. The van der Waals surface area contributed by atoms with Gasteiger partial charge in [0.05, 0.1) is 5.92 Å². The smallest absolute Gasteiger partial charge is 0.238 e. The molecule has 3 rings (SSSR count). The third-order valence-corrected chi connectivity index (χ3v) is 4.71. The van der Waals surface area contributed by atoms with E-state index in [0.29, 0.717) is 17.8 Å². The van der Waals surface area contributed by atoms with Gasteiger partial charge >= 0.3 is 0 Å². The summed E-state index contributed by atoms with van der Waals surface area (Å²) in [5.74, 6) is 4.46. The highest BCUT2D eigenvalue weighted by Crippen LogP contribution is 2.32. The van der Waals surface area contributed by atoms with Crippen LogP contribution in [0.15, 0.2) is 16.9 Å². The molecule has 0 amide bonds. The average molecular weight is 293 g/mol. The summed E-state index contributed by atoms with van der Waals surface area (Å²) in [5.41, 5.74) is 0. The summed E-state index contributed by atoms with van der Waals surface area (Å²) < 4.78 is 7.36. The Morgan fingerprint density at radius 1 is 1.50 bits per heavy atom. The van der Waals surface area contributed by atoms with Gasteiger partial charge in [-0.25, -0.2) is 4.98 Å². The van der Waals surface area contributed by atoms with Crippen LogP contribution in [-0.4, -0.2) is 43.8 Å². The largest absolute Gasteiger partial charge is 0.338 e. The van der Waals surface area contributed by atoms with Crippen molar-refractivity contribution in [3.63, 3.8) is 0 Å². The maximum absolute atomic E-state index is 5.47. The molecule has 2 unspecified atom stereocenters. The summed E-state index contributed by atoms with van der Waals surface area (Å²) in [6, 6.07) is 0.426. The minimum absolute atomic E-state index is 0.299. The number of rotatable bonds is 5. The second kappa shape index (κ2) is 5.97. The van der Waals surface area contributed by atoms with E-state index in [2.05, 4.69) is 27.4 Å². The summed E-state index contributed by atoms with van der Waals surface area (Å²) in [7, 11) is 1.93. The van der Waals surface area contributed by atoms with Crippen LogP contribution < -0.4 is 5.32 Å². The van der Waals surface area contributed by atoms with Gasteiger partial charge in [0, 0.05) is 37.0 Å². The normalized spacial score (nSPS) is 22.5. The molecule has 0 saturated carbocycles. The Hall–Kier alpha value is -1.34. The number of nitrogens with zero attached hydrogens (tertiary/aromatic N) is 4. The Kier molecular flexibility index (Phi) is 4.07. The molecule has 0 aromatic carbocycles. The van der Waals surface area contributed by atoms with Gasteiger partial charge in [0.2, 0.25) is 11.7 Å². The van der Waals surface area contributed by atoms with Crippen molar-refractivity contribution in [2.45, 2.75) is 25.3 Å². The molecule has 7 heteroatoms. The highest BCUT2D eigenvalue weighted by Gasteiger charge is 2.33. The predicted octanol–water partition coefficient (Wildman–Crippen LogP) is 1.67. The van der Waals surface area contributed by atoms with Gasteiger partial charge in [-0.3, -0.25) is 0 Å². The van der Waals surface area contributed by atoms with Gasteiger partial charge < -0.3 is 14.4 Å². The molecule has 0 spiro atoms. The van der Waals surface area contributed by atoms with Gasteiger partial charge in [0.1, 0.15) is 0 Å². The quantitative estimate of drug-likeness (QED) is 0.904. The molecule has 0 radical (unpaired) electrons. The zero-order valence-electron chi connectivity index (χ0n) is 11.7. The summed E-state index contributed by atoms with van der Waals surface area (Å²) >= 11 is 1.93. The first-order chi connectivity index (χ1) is 9.79. The second-order valence-corrected chi connectivity index (χ2v) is 6.10. The Labute approximate surface area is 122 Å². The Balaban J connectivity index is 1.78. The fraction of sp³-hybridized carbons (Fsp3) is 0.615. The lowest BCUT2D eigenvalue weighted by atomic mass is 10.0. The van der Waals surface area contributed by atoms with Crippen LogP contribution >= 0.6 is 11.8 Å². The molecule has 0 aliphatic carbocycles. The van der Waals surface area contributed by atoms with Crippen molar-refractivity contribution in [3.05, 3.63) is 18.3 Å². The number of aromatic nitrogens is 4. The van der Waals surface area contributed by atoms with E-state index in [1.807, 2.05) is 29.6 Å². The Bertz CT molecular complexity index is 567. The Morgan fingerprint density at radius 2 is 2.40 bits per heavy atom. The predicted molar refractivity (Wildman–Crippen MR) is 78.6 cm³/mol. The fourth-order valence-electron chi connectivity index (χ4n) is 2.39. The maximum atomic E-state index is 5.47. The minimum Gasteiger partial charge on any atom is -0.338 e. The van der Waals surface area contributed by atoms with Crippen molar-refractivity contribution in [2.24, 2.45) is 7.05 Å². The maximum Gasteiger partial charge on any atom is 0.238 e. The molecule has 0 bridgehead atoms. The van der Waals surface area contributed by atoms with Gasteiger partial charge in [-0.05, 0) is 13.0 Å². The van der Waals surface area contributed by atoms with Crippen molar-refractivity contribution in [2.75, 3.05) is 18.1 Å². The molecule has 1 aliphatic rings. The lowest BCUT2D eigenvalue weighted by Gasteiger charge is -2.16. The molecule has 2 aromatic rings. The first-order valence-electron chi connectivity index (χ1n) is 6.92. The van der Waals surface area contributed by atoms with Crippen LogP contribution in [0.4, 0.5) is 0 Å². The SMILES string of the molecule is CCCNC1CSCC1c1nc(-c2nccn2C)no1. The van der Waals surface area contributed by atoms with E-state index in [1.54, 1.807) is 6.20 Å². The summed E-state index contributed by atoms with van der Waals surface area (Å²) in [4.78, 5) is 8.79. The molecule has 20 heavy (non-hydrogen) atoms. The fourth-order valence-corrected chi connectivity index (χ4v) is 3.76. The van der Waals surface area contributed by atoms with E-state index in [1.165, 1.54) is 0 Å². The number of hydrogen-bond acceptors (Lipinski definition) is 6. The molecular formula is C13H19N5OS. The number of imidazole rings is 1. The van der Waals surface area contributed by atoms with E-state index < -0.39 is 0 Å². The summed E-state index contributed by atoms with van der Waals surface area (Å²) in [5, 5.41) is 7.64. The molecule has 3 heterocycles. The number of hydrogen-bond donors (Lipinski definition) is 1. The van der Waals surface area contributed by atoms with Crippen LogP contribution in [0.3, 0.4) is 0 Å². The zero-order valence-corrected chi connectivity index (χ0v) is 12.6. The standard InChI is InChI=1S/C13H19N5OS/c1-3-4-14-10-8-20-7-9(10)13-16-11(17-19-13)12-15-5-6-18(12)2/h5-6,9-10,14H,3-4,7-8H2,1-2H3. The van der Waals surface area contributed by atoms with Crippen LogP contribution in [-0.2, 0) is 7.05 Å². The molecule has 2 aromatic heterocycles. The van der Waals surface area contributed by atoms with E-state index >= 15 is 0 Å². The first-order valence-corrected chi connectivity index (χ1v) is 8.07. The number of thioether (sulfide) groups is 1. The van der Waals surface area contributed by atoms with Gasteiger partial charge in [-0.15, -0.1) is 0 Å². The highest BCUT2D eigenvalue weighted by atomic mass is 32.2. The van der Waals surface area contributed by atoms with E-state index in [-0.39, 0.29) is 0 Å². The van der Waals surface area contributed by atoms with Gasteiger partial charge in [0.15, 0.2) is 5.82 Å². The average Bonchev–Trinajstić information content (AvgIpc) is 3.15. The first kappa shape index (κ1) is 13.6. The lowest BCUT2D eigenvalue weighted by Crippen LogP contribution is -2.34. The van der Waals surface area contributed by atoms with Gasteiger partial charge in [0.25, 0.3) is 0 Å². The molecule has 1 aliphatic heterocycles. The molecule has 6 nitrogen and oxygen atoms in total. The molecule has 1 fully saturated rings. The van der Waals surface area contributed by atoms with Crippen molar-refractivity contribution < 1.29 is 4.52 Å². The monoisotopic (exact) mass is 293 g/mol. The number of nitrogens with one attached hydrogen (secondary N) is 1. The lowest BCUT2D eigenvalue weighted by molar-refractivity contribution is 0.339. The van der Waals surface area contributed by atoms with Crippen LogP contribution in [0, 0.1) is 0 Å². The van der Waals surface area contributed by atoms with Crippen LogP contribution in [0.2, 0.25) is 0 Å². The molecule has 2 atom stereocenters. The van der Waals surface area contributed by atoms with E-state index in [0.717, 1.165) is 36.2 Å². The topological polar surface area (TPSA) is 68.8 Å². The Morgan fingerprint density at radius 3 is 3.15 bits per heavy atom. The molecular weight excluding hydrogens is 274 g/mol. The van der Waals surface area contributed by atoms with Crippen molar-refractivity contribution >= 4 is 11.8 Å². The number of aryl methyl sites for hydroxylation is 1. The summed E-state index contributed by atoms with van der Waals surface area (Å²) in [6.45, 7) is 3.21. The van der Waals surface area contributed by atoms with E-state index in [9.17, 15) is 0 Å². The molecule has 1 saturated heterocycles. The van der Waals surface area contributed by atoms with Crippen LogP contribution in [0.1, 0.15) is 25.2 Å².